The molecule has 0 saturated carbocycles. The van der Waals surface area contributed by atoms with Gasteiger partial charge in [-0.05, 0) is 29.7 Å². The maximum absolute atomic E-state index is 12.2. The second-order valence-corrected chi connectivity index (χ2v) is 5.34. The van der Waals surface area contributed by atoms with Crippen molar-refractivity contribution in [2.45, 2.75) is 20.0 Å². The number of nitriles is 1. The Hall–Kier alpha value is -3.10. The molecule has 0 aromatic heterocycles. The first kappa shape index (κ1) is 17.3. The molecule has 0 bridgehead atoms. The van der Waals surface area contributed by atoms with Gasteiger partial charge in [-0.2, -0.15) is 5.26 Å². The number of benzene rings is 2. The van der Waals surface area contributed by atoms with Crippen molar-refractivity contribution in [3.63, 3.8) is 0 Å². The van der Waals surface area contributed by atoms with Crippen LogP contribution in [0, 0.1) is 18.3 Å². The number of carbonyl (C=O) groups excluding carboxylic acids is 1. The molecule has 0 fully saturated rings. The number of nitrogens with two attached hydrogens (primary N) is 1. The first-order valence-electron chi connectivity index (χ1n) is 7.62. The third kappa shape index (κ3) is 4.70. The summed E-state index contributed by atoms with van der Waals surface area (Å²) in [6, 6.07) is 17.2. The number of anilines is 1. The second kappa shape index (κ2) is 8.51. The van der Waals surface area contributed by atoms with Crippen molar-refractivity contribution < 1.29 is 4.79 Å². The van der Waals surface area contributed by atoms with Gasteiger partial charge in [0.2, 0.25) is 0 Å². The first-order chi connectivity index (χ1) is 11.6. The number of nitrogens with one attached hydrogen (secondary N) is 2. The smallest absolute Gasteiger partial charge is 0.267 e. The van der Waals surface area contributed by atoms with Crippen LogP contribution in [-0.4, -0.2) is 5.91 Å². The zero-order chi connectivity index (χ0) is 17.4. The average Bonchev–Trinajstić information content (AvgIpc) is 2.61. The Morgan fingerprint density at radius 3 is 2.67 bits per heavy atom. The lowest BCUT2D eigenvalue weighted by atomic mass is 10.1. The molecule has 0 spiro atoms. The van der Waals surface area contributed by atoms with Crippen LogP contribution in [0.1, 0.15) is 16.7 Å². The summed E-state index contributed by atoms with van der Waals surface area (Å²) in [5, 5.41) is 14.9. The third-order valence-electron chi connectivity index (χ3n) is 3.54. The molecule has 2 rings (SSSR count). The van der Waals surface area contributed by atoms with E-state index < -0.39 is 5.91 Å². The molecule has 5 nitrogen and oxygen atoms in total. The normalized spacial score (nSPS) is 10.8. The average molecular weight is 320 g/mol. The van der Waals surface area contributed by atoms with Crippen molar-refractivity contribution in [3.05, 3.63) is 77.0 Å². The number of rotatable bonds is 6. The summed E-state index contributed by atoms with van der Waals surface area (Å²) in [4.78, 5) is 12.2. The Balaban J connectivity index is 1.99. The van der Waals surface area contributed by atoms with E-state index in [1.807, 2.05) is 55.5 Å². The maximum atomic E-state index is 12.2. The SMILES string of the molecule is Cc1ccccc1NC(=O)/C(C#N)=C\NCc1cccc(CN)c1. The van der Waals surface area contributed by atoms with Gasteiger partial charge in [0.05, 0.1) is 0 Å². The van der Waals surface area contributed by atoms with E-state index in [9.17, 15) is 10.1 Å². The predicted octanol–water partition coefficient (Wildman–Crippen LogP) is 2.59. The molecule has 5 heteroatoms. The lowest BCUT2D eigenvalue weighted by molar-refractivity contribution is -0.112. The summed E-state index contributed by atoms with van der Waals surface area (Å²) in [6.07, 6.45) is 1.43. The van der Waals surface area contributed by atoms with Crippen molar-refractivity contribution in [1.82, 2.24) is 5.32 Å². The Morgan fingerprint density at radius 2 is 1.96 bits per heavy atom. The van der Waals surface area contributed by atoms with Crippen LogP contribution in [0.2, 0.25) is 0 Å². The molecular formula is C19H20N4O. The van der Waals surface area contributed by atoms with Crippen molar-refractivity contribution in [2.24, 2.45) is 5.73 Å². The molecular weight excluding hydrogens is 300 g/mol. The van der Waals surface area contributed by atoms with Crippen LogP contribution < -0.4 is 16.4 Å². The highest BCUT2D eigenvalue weighted by molar-refractivity contribution is 6.06. The molecule has 0 radical (unpaired) electrons. The number of hydrogen-bond acceptors (Lipinski definition) is 4. The largest absolute Gasteiger partial charge is 0.386 e. The van der Waals surface area contributed by atoms with Crippen molar-refractivity contribution >= 4 is 11.6 Å². The zero-order valence-corrected chi connectivity index (χ0v) is 13.5. The summed E-state index contributed by atoms with van der Waals surface area (Å²) in [5.74, 6) is -0.435. The third-order valence-corrected chi connectivity index (χ3v) is 3.54. The van der Waals surface area contributed by atoms with Crippen molar-refractivity contribution in [2.75, 3.05) is 5.32 Å². The monoisotopic (exact) mass is 320 g/mol. The molecule has 2 aromatic carbocycles. The Morgan fingerprint density at radius 1 is 1.21 bits per heavy atom. The molecule has 0 heterocycles. The quantitative estimate of drug-likeness (QED) is 0.563. The van der Waals surface area contributed by atoms with Gasteiger partial charge in [-0.3, -0.25) is 4.79 Å². The fraction of sp³-hybridized carbons (Fsp3) is 0.158. The summed E-state index contributed by atoms with van der Waals surface area (Å²) < 4.78 is 0. The maximum Gasteiger partial charge on any atom is 0.267 e. The van der Waals surface area contributed by atoms with E-state index in [0.29, 0.717) is 18.8 Å². The Kier molecular flexibility index (Phi) is 6.12. The summed E-state index contributed by atoms with van der Waals surface area (Å²) in [6.45, 7) is 2.89. The fourth-order valence-electron chi connectivity index (χ4n) is 2.19. The van der Waals surface area contributed by atoms with E-state index in [1.54, 1.807) is 6.07 Å². The second-order valence-electron chi connectivity index (χ2n) is 5.34. The highest BCUT2D eigenvalue weighted by Gasteiger charge is 2.10. The van der Waals surface area contributed by atoms with Crippen LogP contribution >= 0.6 is 0 Å². The first-order valence-corrected chi connectivity index (χ1v) is 7.62. The van der Waals surface area contributed by atoms with Gasteiger partial charge in [-0.1, -0.05) is 42.5 Å². The number of hydrogen-bond donors (Lipinski definition) is 3. The van der Waals surface area contributed by atoms with E-state index in [4.69, 9.17) is 5.73 Å². The van der Waals surface area contributed by atoms with Gasteiger partial charge in [-0.15, -0.1) is 0 Å². The van der Waals surface area contributed by atoms with Gasteiger partial charge in [0, 0.05) is 25.0 Å². The van der Waals surface area contributed by atoms with Gasteiger partial charge < -0.3 is 16.4 Å². The number of amides is 1. The van der Waals surface area contributed by atoms with E-state index in [1.165, 1.54) is 6.20 Å². The molecule has 0 unspecified atom stereocenters. The summed E-state index contributed by atoms with van der Waals surface area (Å²) in [7, 11) is 0. The molecule has 0 aliphatic carbocycles. The Bertz CT molecular complexity index is 790. The number of aryl methyl sites for hydroxylation is 1. The van der Waals surface area contributed by atoms with Crippen molar-refractivity contribution in [3.8, 4) is 6.07 Å². The van der Waals surface area contributed by atoms with Gasteiger partial charge in [-0.25, -0.2) is 0 Å². The molecule has 4 N–H and O–H groups in total. The van der Waals surface area contributed by atoms with Crippen LogP contribution in [0.25, 0.3) is 0 Å². The van der Waals surface area contributed by atoms with Gasteiger partial charge >= 0.3 is 0 Å². The highest BCUT2D eigenvalue weighted by atomic mass is 16.1. The van der Waals surface area contributed by atoms with Gasteiger partial charge in [0.25, 0.3) is 5.91 Å². The summed E-state index contributed by atoms with van der Waals surface area (Å²) in [5.41, 5.74) is 9.34. The van der Waals surface area contributed by atoms with Gasteiger partial charge in [0.15, 0.2) is 0 Å². The molecule has 122 valence electrons. The molecule has 0 saturated heterocycles. The van der Waals surface area contributed by atoms with Crippen LogP contribution in [0.5, 0.6) is 0 Å². The number of para-hydroxylation sites is 1. The van der Waals surface area contributed by atoms with Crippen LogP contribution in [-0.2, 0) is 17.9 Å². The molecule has 0 atom stereocenters. The molecule has 24 heavy (non-hydrogen) atoms. The Labute approximate surface area is 141 Å². The topological polar surface area (TPSA) is 90.9 Å². The minimum absolute atomic E-state index is 0.0215. The number of nitrogens with zero attached hydrogens (tertiary/aromatic N) is 1. The van der Waals surface area contributed by atoms with E-state index in [0.717, 1.165) is 16.7 Å². The minimum atomic E-state index is -0.435. The molecule has 1 amide bonds. The lowest BCUT2D eigenvalue weighted by Crippen LogP contribution is -2.17. The van der Waals surface area contributed by atoms with Crippen molar-refractivity contribution in [1.29, 1.82) is 5.26 Å². The van der Waals surface area contributed by atoms with E-state index >= 15 is 0 Å². The number of carbonyl (C=O) groups is 1. The van der Waals surface area contributed by atoms with Crippen LogP contribution in [0.3, 0.4) is 0 Å². The molecule has 0 aliphatic heterocycles. The minimum Gasteiger partial charge on any atom is -0.386 e. The van der Waals surface area contributed by atoms with E-state index in [2.05, 4.69) is 10.6 Å². The fourth-order valence-corrected chi connectivity index (χ4v) is 2.19. The van der Waals surface area contributed by atoms with Crippen LogP contribution in [0.4, 0.5) is 5.69 Å². The predicted molar refractivity (Wildman–Crippen MR) is 94.7 cm³/mol. The molecule has 0 aliphatic rings. The molecule has 2 aromatic rings. The highest BCUT2D eigenvalue weighted by Crippen LogP contribution is 2.14. The van der Waals surface area contributed by atoms with Gasteiger partial charge in [0.1, 0.15) is 11.6 Å². The standard InChI is InChI=1S/C19H20N4O/c1-14-5-2-3-8-18(14)23-19(24)17(11-21)13-22-12-16-7-4-6-15(9-16)10-20/h2-9,13,22H,10,12,20H2,1H3,(H,23,24)/b17-13-. The zero-order valence-electron chi connectivity index (χ0n) is 13.5. The lowest BCUT2D eigenvalue weighted by Gasteiger charge is -2.08. The summed E-state index contributed by atoms with van der Waals surface area (Å²) >= 11 is 0. The van der Waals surface area contributed by atoms with E-state index in [-0.39, 0.29) is 5.57 Å². The van der Waals surface area contributed by atoms with Crippen LogP contribution in [0.15, 0.2) is 60.3 Å².